The van der Waals surface area contributed by atoms with E-state index < -0.39 is 0 Å². The summed E-state index contributed by atoms with van der Waals surface area (Å²) in [5, 5.41) is 7.98. The van der Waals surface area contributed by atoms with Crippen LogP contribution in [0, 0.1) is 20.8 Å². The van der Waals surface area contributed by atoms with Gasteiger partial charge >= 0.3 is 6.01 Å². The Kier molecular flexibility index (Phi) is 3.44. The van der Waals surface area contributed by atoms with Gasteiger partial charge in [-0.05, 0) is 25.0 Å². The van der Waals surface area contributed by atoms with Crippen LogP contribution in [-0.4, -0.2) is 29.9 Å². The summed E-state index contributed by atoms with van der Waals surface area (Å²) < 4.78 is 11.4. The highest BCUT2D eigenvalue weighted by Crippen LogP contribution is 2.27. The van der Waals surface area contributed by atoms with Crippen molar-refractivity contribution in [2.45, 2.75) is 26.9 Å². The van der Waals surface area contributed by atoms with Crippen molar-refractivity contribution in [3.63, 3.8) is 0 Å². The molecule has 0 bridgehead atoms. The summed E-state index contributed by atoms with van der Waals surface area (Å²) in [7, 11) is 0. The third-order valence-electron chi connectivity index (χ3n) is 3.62. The van der Waals surface area contributed by atoms with Gasteiger partial charge in [0.25, 0.3) is 0 Å². The summed E-state index contributed by atoms with van der Waals surface area (Å²) >= 11 is 0. The maximum Gasteiger partial charge on any atom is 0.318 e. The summed E-state index contributed by atoms with van der Waals surface area (Å²) in [6.07, 6.45) is 0.0524. The number of anilines is 1. The Morgan fingerprint density at radius 2 is 2.05 bits per heavy atom. The molecule has 0 saturated carbocycles. The molecule has 0 N–H and O–H groups in total. The van der Waals surface area contributed by atoms with E-state index in [1.54, 1.807) is 6.92 Å². The normalized spacial score (nSPS) is 19.4. The van der Waals surface area contributed by atoms with Gasteiger partial charge in [0, 0.05) is 13.5 Å². The number of hydrogen-bond donors (Lipinski definition) is 0. The number of hydrogen-bond acceptors (Lipinski definition) is 5. The Balaban J connectivity index is 1.81. The van der Waals surface area contributed by atoms with Crippen LogP contribution in [0.2, 0.25) is 0 Å². The smallest absolute Gasteiger partial charge is 0.318 e. The van der Waals surface area contributed by atoms with Gasteiger partial charge in [-0.25, -0.2) is 0 Å². The topological polar surface area (TPSA) is 51.4 Å². The van der Waals surface area contributed by atoms with Crippen molar-refractivity contribution in [3.8, 4) is 0 Å². The molecule has 0 aliphatic carbocycles. The largest absolute Gasteiger partial charge is 0.408 e. The van der Waals surface area contributed by atoms with Crippen molar-refractivity contribution < 1.29 is 9.15 Å². The Labute approximate surface area is 118 Å². The highest BCUT2D eigenvalue weighted by Gasteiger charge is 2.26. The van der Waals surface area contributed by atoms with Crippen molar-refractivity contribution in [2.24, 2.45) is 0 Å². The minimum Gasteiger partial charge on any atom is -0.408 e. The zero-order valence-corrected chi connectivity index (χ0v) is 12.1. The number of morpholine rings is 1. The van der Waals surface area contributed by atoms with Crippen LogP contribution in [-0.2, 0) is 4.74 Å². The highest BCUT2D eigenvalue weighted by molar-refractivity contribution is 5.35. The summed E-state index contributed by atoms with van der Waals surface area (Å²) in [6.45, 7) is 8.22. The van der Waals surface area contributed by atoms with Crippen LogP contribution in [0.4, 0.5) is 6.01 Å². The van der Waals surface area contributed by atoms with Gasteiger partial charge in [-0.15, -0.1) is 5.10 Å². The second-order valence-corrected chi connectivity index (χ2v) is 5.27. The quantitative estimate of drug-likeness (QED) is 0.841. The minimum absolute atomic E-state index is 0.0524. The number of rotatable bonds is 2. The van der Waals surface area contributed by atoms with Crippen molar-refractivity contribution in [1.82, 2.24) is 10.2 Å². The maximum absolute atomic E-state index is 5.91. The van der Waals surface area contributed by atoms with Crippen LogP contribution in [0.25, 0.3) is 0 Å². The first-order valence-corrected chi connectivity index (χ1v) is 6.87. The van der Waals surface area contributed by atoms with Gasteiger partial charge in [-0.1, -0.05) is 28.9 Å². The lowest BCUT2D eigenvalue weighted by Crippen LogP contribution is -2.38. The van der Waals surface area contributed by atoms with E-state index in [1.807, 2.05) is 0 Å². The van der Waals surface area contributed by atoms with Crippen molar-refractivity contribution >= 4 is 6.01 Å². The molecule has 1 saturated heterocycles. The lowest BCUT2D eigenvalue weighted by Gasteiger charge is -2.32. The van der Waals surface area contributed by atoms with Crippen molar-refractivity contribution in [2.75, 3.05) is 24.6 Å². The van der Waals surface area contributed by atoms with E-state index in [4.69, 9.17) is 9.15 Å². The van der Waals surface area contributed by atoms with Crippen molar-refractivity contribution in [3.05, 3.63) is 40.8 Å². The predicted molar refractivity (Wildman–Crippen MR) is 75.9 cm³/mol. The number of aryl methyl sites for hydroxylation is 3. The lowest BCUT2D eigenvalue weighted by atomic mass is 10.00. The van der Waals surface area contributed by atoms with Crippen LogP contribution >= 0.6 is 0 Å². The van der Waals surface area contributed by atoms with E-state index in [2.05, 4.69) is 47.1 Å². The SMILES string of the molecule is Cc1ccc(C2CN(c3nnc(C)o3)CCO2)c(C)c1. The van der Waals surface area contributed by atoms with Crippen molar-refractivity contribution in [1.29, 1.82) is 0 Å². The van der Waals surface area contributed by atoms with Crippen LogP contribution < -0.4 is 4.90 Å². The Hall–Kier alpha value is -1.88. The van der Waals surface area contributed by atoms with E-state index in [0.29, 0.717) is 18.5 Å². The summed E-state index contributed by atoms with van der Waals surface area (Å²) in [6, 6.07) is 7.05. The number of aromatic nitrogens is 2. The molecule has 1 unspecified atom stereocenters. The first kappa shape index (κ1) is 13.1. The molecule has 0 spiro atoms. The average molecular weight is 273 g/mol. The van der Waals surface area contributed by atoms with Crippen LogP contribution in [0.1, 0.15) is 28.7 Å². The molecule has 2 aromatic rings. The Bertz CT molecular complexity index is 609. The molecule has 3 rings (SSSR count). The summed E-state index contributed by atoms with van der Waals surface area (Å²) in [5.74, 6) is 0.592. The molecule has 5 heteroatoms. The first-order chi connectivity index (χ1) is 9.63. The van der Waals surface area contributed by atoms with Gasteiger partial charge in [0.1, 0.15) is 6.10 Å². The first-order valence-electron chi connectivity index (χ1n) is 6.87. The maximum atomic E-state index is 5.91. The van der Waals surface area contributed by atoms with Gasteiger partial charge in [0.15, 0.2) is 0 Å². The Morgan fingerprint density at radius 3 is 2.75 bits per heavy atom. The van der Waals surface area contributed by atoms with E-state index >= 15 is 0 Å². The molecule has 1 aliphatic rings. The fourth-order valence-corrected chi connectivity index (χ4v) is 2.61. The molecular weight excluding hydrogens is 254 g/mol. The molecule has 0 radical (unpaired) electrons. The Morgan fingerprint density at radius 1 is 1.20 bits per heavy atom. The highest BCUT2D eigenvalue weighted by atomic mass is 16.5. The molecule has 1 aliphatic heterocycles. The molecule has 1 atom stereocenters. The predicted octanol–water partition coefficient (Wildman–Crippen LogP) is 2.57. The molecule has 0 amide bonds. The van der Waals surface area contributed by atoms with Crippen LogP contribution in [0.15, 0.2) is 22.6 Å². The van der Waals surface area contributed by atoms with E-state index in [9.17, 15) is 0 Å². The molecule has 5 nitrogen and oxygen atoms in total. The van der Waals surface area contributed by atoms with Gasteiger partial charge < -0.3 is 14.1 Å². The third kappa shape index (κ3) is 2.54. The number of benzene rings is 1. The lowest BCUT2D eigenvalue weighted by molar-refractivity contribution is 0.0376. The molecule has 1 fully saturated rings. The average Bonchev–Trinajstić information content (AvgIpc) is 2.86. The minimum atomic E-state index is 0.0524. The zero-order valence-electron chi connectivity index (χ0n) is 12.1. The van der Waals surface area contributed by atoms with E-state index in [-0.39, 0.29) is 6.10 Å². The number of nitrogens with zero attached hydrogens (tertiary/aromatic N) is 3. The fraction of sp³-hybridized carbons (Fsp3) is 0.467. The van der Waals surface area contributed by atoms with Gasteiger partial charge in [0.05, 0.1) is 13.2 Å². The standard InChI is InChI=1S/C15H19N3O2/c1-10-4-5-13(11(2)8-10)14-9-18(6-7-19-14)15-17-16-12(3)20-15/h4-5,8,14H,6-7,9H2,1-3H3. The van der Waals surface area contributed by atoms with E-state index in [0.717, 1.165) is 13.1 Å². The molecule has 20 heavy (non-hydrogen) atoms. The van der Waals surface area contributed by atoms with Crippen LogP contribution in [0.5, 0.6) is 0 Å². The van der Waals surface area contributed by atoms with Gasteiger partial charge in [-0.3, -0.25) is 0 Å². The van der Waals surface area contributed by atoms with E-state index in [1.165, 1.54) is 16.7 Å². The monoisotopic (exact) mass is 273 g/mol. The second-order valence-electron chi connectivity index (χ2n) is 5.27. The summed E-state index contributed by atoms with van der Waals surface area (Å²) in [5.41, 5.74) is 3.77. The molecular formula is C15H19N3O2. The van der Waals surface area contributed by atoms with Gasteiger partial charge in [0.2, 0.25) is 5.89 Å². The molecule has 1 aromatic heterocycles. The zero-order chi connectivity index (χ0) is 14.1. The summed E-state index contributed by atoms with van der Waals surface area (Å²) in [4.78, 5) is 2.09. The molecule has 106 valence electrons. The number of ether oxygens (including phenoxy) is 1. The molecule has 1 aromatic carbocycles. The van der Waals surface area contributed by atoms with Gasteiger partial charge in [-0.2, -0.15) is 0 Å². The molecule has 2 heterocycles. The third-order valence-corrected chi connectivity index (χ3v) is 3.62. The fourth-order valence-electron chi connectivity index (χ4n) is 2.61. The second kappa shape index (κ2) is 5.25. The van der Waals surface area contributed by atoms with Crippen LogP contribution in [0.3, 0.4) is 0 Å².